The number of ether oxygens (including phenoxy) is 2. The van der Waals surface area contributed by atoms with Crippen molar-refractivity contribution in [1.29, 1.82) is 0 Å². The number of rotatable bonds is 14. The molecular formula is C28H23ClF12O3. The summed E-state index contributed by atoms with van der Waals surface area (Å²) in [6.45, 7) is 0.844. The van der Waals surface area contributed by atoms with Gasteiger partial charge in [0.15, 0.2) is 0 Å². The first kappa shape index (κ1) is 36.9. The Morgan fingerprint density at radius 2 is 1.16 bits per heavy atom. The molecule has 0 aliphatic carbocycles. The van der Waals surface area contributed by atoms with E-state index in [2.05, 4.69) is 35.1 Å². The number of hydrogen-bond acceptors (Lipinski definition) is 3. The van der Waals surface area contributed by atoms with Crippen molar-refractivity contribution in [2.24, 2.45) is 0 Å². The van der Waals surface area contributed by atoms with Gasteiger partial charge in [0.2, 0.25) is 0 Å². The SMILES string of the molecule is CCCCCOc1ccc(C#Cc2ccc(C(=O)OCCC(F)(F)C(F)(F)C(F)(F)C(F)(F)C(F)(F)C(F)(F)Cl)cc2)cc1. The van der Waals surface area contributed by atoms with Gasteiger partial charge in [-0.1, -0.05) is 31.6 Å². The van der Waals surface area contributed by atoms with Crippen LogP contribution in [0.25, 0.3) is 0 Å². The molecule has 0 aliphatic heterocycles. The first-order valence-electron chi connectivity index (χ1n) is 12.6. The van der Waals surface area contributed by atoms with Gasteiger partial charge >= 0.3 is 41.0 Å². The Balaban J connectivity index is 2.01. The van der Waals surface area contributed by atoms with Crippen LogP contribution in [-0.4, -0.2) is 54.2 Å². The van der Waals surface area contributed by atoms with Crippen molar-refractivity contribution in [2.45, 2.75) is 67.6 Å². The van der Waals surface area contributed by atoms with Gasteiger partial charge in [-0.25, -0.2) is 4.79 Å². The first-order valence-corrected chi connectivity index (χ1v) is 13.0. The third kappa shape index (κ3) is 7.86. The molecule has 0 aliphatic rings. The zero-order valence-corrected chi connectivity index (χ0v) is 23.3. The van der Waals surface area contributed by atoms with Crippen LogP contribution in [0.3, 0.4) is 0 Å². The predicted molar refractivity (Wildman–Crippen MR) is 134 cm³/mol. The van der Waals surface area contributed by atoms with E-state index in [1.54, 1.807) is 24.3 Å². The van der Waals surface area contributed by atoms with Crippen molar-refractivity contribution in [2.75, 3.05) is 13.2 Å². The molecular weight excluding hydrogens is 648 g/mol. The molecule has 0 N–H and O–H groups in total. The van der Waals surface area contributed by atoms with E-state index < -0.39 is 54.0 Å². The van der Waals surface area contributed by atoms with E-state index in [0.29, 0.717) is 23.5 Å². The molecule has 0 unspecified atom stereocenters. The molecule has 0 heterocycles. The molecule has 244 valence electrons. The van der Waals surface area contributed by atoms with Crippen LogP contribution in [0.5, 0.6) is 5.75 Å². The number of carbonyl (C=O) groups excluding carboxylic acids is 1. The van der Waals surface area contributed by atoms with Crippen molar-refractivity contribution in [1.82, 2.24) is 0 Å². The maximum absolute atomic E-state index is 13.9. The number of halogens is 13. The number of esters is 1. The third-order valence-corrected chi connectivity index (χ3v) is 6.23. The molecule has 44 heavy (non-hydrogen) atoms. The summed E-state index contributed by atoms with van der Waals surface area (Å²) in [5.74, 6) is -31.6. The number of carbonyl (C=O) groups is 1. The summed E-state index contributed by atoms with van der Waals surface area (Å²) in [6, 6.07) is 11.6. The normalized spacial score (nSPS) is 13.2. The zero-order valence-electron chi connectivity index (χ0n) is 22.5. The molecule has 0 atom stereocenters. The minimum atomic E-state index is -7.74. The molecule has 0 saturated carbocycles. The van der Waals surface area contributed by atoms with Gasteiger partial charge in [0.1, 0.15) is 5.75 Å². The predicted octanol–water partition coefficient (Wildman–Crippen LogP) is 9.21. The molecule has 0 fully saturated rings. The molecule has 2 aromatic carbocycles. The maximum Gasteiger partial charge on any atom is 0.393 e. The van der Waals surface area contributed by atoms with E-state index >= 15 is 0 Å². The van der Waals surface area contributed by atoms with Crippen molar-refractivity contribution in [3.05, 3.63) is 65.2 Å². The number of benzene rings is 2. The van der Waals surface area contributed by atoms with Crippen molar-refractivity contribution in [3.63, 3.8) is 0 Å². The molecule has 0 bridgehead atoms. The van der Waals surface area contributed by atoms with Crippen LogP contribution >= 0.6 is 11.6 Å². The number of alkyl halides is 13. The fraction of sp³-hybridized carbons (Fsp3) is 0.464. The van der Waals surface area contributed by atoms with Crippen molar-refractivity contribution < 1.29 is 67.0 Å². The molecule has 2 rings (SSSR count). The van der Waals surface area contributed by atoms with E-state index in [0.717, 1.165) is 31.4 Å². The van der Waals surface area contributed by atoms with Crippen LogP contribution in [0.2, 0.25) is 0 Å². The van der Waals surface area contributed by atoms with Gasteiger partial charge in [0.05, 0.1) is 25.2 Å². The van der Waals surface area contributed by atoms with Crippen LogP contribution in [0.1, 0.15) is 54.1 Å². The van der Waals surface area contributed by atoms with E-state index in [4.69, 9.17) is 4.74 Å². The lowest BCUT2D eigenvalue weighted by Gasteiger charge is -2.40. The standard InChI is InChI=1S/C28H23ClF12O3/c1-2-3-4-16-43-21-13-9-19(10-14-21)6-5-18-7-11-20(12-8-18)22(42)44-17-15-23(30,31)24(32,33)25(34,35)26(36,37)27(38,39)28(29,40)41/h7-14H,2-4,15-17H2,1H3. The van der Waals surface area contributed by atoms with Gasteiger partial charge in [-0.15, -0.1) is 0 Å². The molecule has 0 spiro atoms. The highest BCUT2D eigenvalue weighted by Crippen LogP contribution is 2.61. The Morgan fingerprint density at radius 3 is 1.64 bits per heavy atom. The fourth-order valence-corrected chi connectivity index (χ4v) is 3.44. The van der Waals surface area contributed by atoms with Gasteiger partial charge < -0.3 is 9.47 Å². The minimum Gasteiger partial charge on any atom is -0.494 e. The molecule has 0 saturated heterocycles. The van der Waals surface area contributed by atoms with Gasteiger partial charge in [-0.3, -0.25) is 0 Å². The third-order valence-electron chi connectivity index (χ3n) is 5.99. The van der Waals surface area contributed by atoms with Crippen LogP contribution in [0.15, 0.2) is 48.5 Å². The van der Waals surface area contributed by atoms with Crippen LogP contribution in [0.4, 0.5) is 52.7 Å². The summed E-state index contributed by atoms with van der Waals surface area (Å²) in [4.78, 5) is 12.0. The molecule has 0 amide bonds. The van der Waals surface area contributed by atoms with Gasteiger partial charge in [-0.05, 0) is 66.6 Å². The average molecular weight is 671 g/mol. The second-order valence-corrected chi connectivity index (χ2v) is 9.77. The Morgan fingerprint density at radius 1 is 0.682 bits per heavy atom. The van der Waals surface area contributed by atoms with Crippen molar-refractivity contribution in [3.8, 4) is 17.6 Å². The highest BCUT2D eigenvalue weighted by atomic mass is 35.5. The number of unbranched alkanes of at least 4 members (excludes halogenated alkanes) is 2. The molecule has 2 aromatic rings. The molecule has 0 radical (unpaired) electrons. The smallest absolute Gasteiger partial charge is 0.393 e. The van der Waals surface area contributed by atoms with E-state index in [-0.39, 0.29) is 5.56 Å². The summed E-state index contributed by atoms with van der Waals surface area (Å²) < 4.78 is 171. The lowest BCUT2D eigenvalue weighted by atomic mass is 9.93. The Labute approximate surface area is 248 Å². The summed E-state index contributed by atoms with van der Waals surface area (Å²) >= 11 is 3.64. The Kier molecular flexibility index (Phi) is 11.6. The summed E-state index contributed by atoms with van der Waals surface area (Å²) in [6.07, 6.45) is 0.422. The zero-order chi connectivity index (χ0) is 33.6. The minimum absolute atomic E-state index is 0.351. The van der Waals surface area contributed by atoms with E-state index in [1.807, 2.05) is 0 Å². The lowest BCUT2D eigenvalue weighted by molar-refractivity contribution is -0.417. The molecule has 16 heteroatoms. The van der Waals surface area contributed by atoms with Gasteiger partial charge in [0, 0.05) is 11.1 Å². The topological polar surface area (TPSA) is 35.5 Å². The van der Waals surface area contributed by atoms with Crippen LogP contribution in [0, 0.1) is 11.8 Å². The van der Waals surface area contributed by atoms with Crippen LogP contribution < -0.4 is 4.74 Å². The monoisotopic (exact) mass is 670 g/mol. The molecule has 0 aromatic heterocycles. The lowest BCUT2D eigenvalue weighted by Crippen LogP contribution is -2.70. The quantitative estimate of drug-likeness (QED) is 0.0661. The second kappa shape index (κ2) is 13.8. The second-order valence-electron chi connectivity index (χ2n) is 9.29. The van der Waals surface area contributed by atoms with Crippen LogP contribution in [-0.2, 0) is 4.74 Å². The van der Waals surface area contributed by atoms with E-state index in [9.17, 15) is 57.5 Å². The Bertz CT molecular complexity index is 1310. The fourth-order valence-electron chi connectivity index (χ4n) is 3.32. The Hall–Kier alpha value is -3.28. The van der Waals surface area contributed by atoms with Gasteiger partial charge in [-0.2, -0.15) is 52.7 Å². The summed E-state index contributed by atoms with van der Waals surface area (Å²) in [5.41, 5.74) is 0.613. The average Bonchev–Trinajstić information content (AvgIpc) is 2.94. The number of hydrogen-bond donors (Lipinski definition) is 0. The largest absolute Gasteiger partial charge is 0.494 e. The summed E-state index contributed by atoms with van der Waals surface area (Å²) in [7, 11) is 0. The molecule has 3 nitrogen and oxygen atoms in total. The van der Waals surface area contributed by atoms with E-state index in [1.165, 1.54) is 12.1 Å². The maximum atomic E-state index is 13.9. The highest BCUT2D eigenvalue weighted by Gasteiger charge is 2.89. The first-order chi connectivity index (χ1) is 20.1. The highest BCUT2D eigenvalue weighted by molar-refractivity contribution is 6.22. The summed E-state index contributed by atoms with van der Waals surface area (Å²) in [5, 5.41) is -6.52. The van der Waals surface area contributed by atoms with Gasteiger partial charge in [0.25, 0.3) is 0 Å². The van der Waals surface area contributed by atoms with Crippen molar-refractivity contribution >= 4 is 17.6 Å².